The van der Waals surface area contributed by atoms with Crippen molar-refractivity contribution >= 4 is 28.4 Å². The van der Waals surface area contributed by atoms with Gasteiger partial charge in [-0.05, 0) is 42.0 Å². The summed E-state index contributed by atoms with van der Waals surface area (Å²) >= 11 is 0. The number of hydrogen-bond donors (Lipinski definition) is 2. The molecule has 0 spiro atoms. The molecule has 0 aliphatic heterocycles. The SMILES string of the molecule is [2H]C([2H])([2H])NC(=O)c1c(-c2ccc(F)cc2)c(=O)c(C(=O)Nc2ccc(Oc3ccnc4cc(OC)c(OC)cc34)c(F)c2)cn1C. The van der Waals surface area contributed by atoms with E-state index in [4.69, 9.17) is 18.3 Å². The van der Waals surface area contributed by atoms with Crippen LogP contribution in [0.2, 0.25) is 0 Å². The first-order valence-corrected chi connectivity index (χ1v) is 12.9. The summed E-state index contributed by atoms with van der Waals surface area (Å²) in [7, 11) is 4.29. The largest absolute Gasteiger partial charge is 0.493 e. The molecule has 2 N–H and O–H groups in total. The highest BCUT2D eigenvalue weighted by Crippen LogP contribution is 2.37. The third-order valence-electron chi connectivity index (χ3n) is 6.71. The van der Waals surface area contributed by atoms with Gasteiger partial charge < -0.3 is 29.4 Å². The number of nitrogens with one attached hydrogen (secondary N) is 2. The van der Waals surface area contributed by atoms with Crippen molar-refractivity contribution in [2.45, 2.75) is 0 Å². The molecule has 2 heterocycles. The van der Waals surface area contributed by atoms with Crippen LogP contribution >= 0.6 is 0 Å². The first kappa shape index (κ1) is 25.9. The van der Waals surface area contributed by atoms with E-state index in [1.54, 1.807) is 18.2 Å². The van der Waals surface area contributed by atoms with E-state index in [0.29, 0.717) is 22.4 Å². The number of halogens is 2. The highest BCUT2D eigenvalue weighted by Gasteiger charge is 2.24. The summed E-state index contributed by atoms with van der Waals surface area (Å²) in [4.78, 5) is 44.2. The molecule has 10 nitrogen and oxygen atoms in total. The Hall–Kier alpha value is -5.78. The zero-order valence-electron chi connectivity index (χ0n) is 26.5. The van der Waals surface area contributed by atoms with Crippen LogP contribution in [0, 0.1) is 11.6 Å². The number of aryl methyl sites for hydroxylation is 1. The Labute approximate surface area is 254 Å². The van der Waals surface area contributed by atoms with Crippen LogP contribution in [0.15, 0.2) is 77.9 Å². The van der Waals surface area contributed by atoms with E-state index >= 15 is 4.39 Å². The van der Waals surface area contributed by atoms with Gasteiger partial charge in [-0.2, -0.15) is 0 Å². The minimum absolute atomic E-state index is 0.0274. The number of benzene rings is 3. The summed E-state index contributed by atoms with van der Waals surface area (Å²) in [6.07, 6.45) is 2.53. The van der Waals surface area contributed by atoms with Crippen molar-refractivity contribution in [3.63, 3.8) is 0 Å². The molecular weight excluding hydrogens is 574 g/mol. The minimum Gasteiger partial charge on any atom is -0.493 e. The summed E-state index contributed by atoms with van der Waals surface area (Å²) in [5.74, 6) is -2.58. The molecule has 5 rings (SSSR count). The monoisotopic (exact) mass is 603 g/mol. The van der Waals surface area contributed by atoms with Crippen molar-refractivity contribution < 1.29 is 36.7 Å². The van der Waals surface area contributed by atoms with Gasteiger partial charge in [-0.1, -0.05) is 12.1 Å². The molecule has 0 aliphatic carbocycles. The fourth-order valence-electron chi connectivity index (χ4n) is 4.63. The Bertz CT molecular complexity index is 2090. The number of carbonyl (C=O) groups is 2. The van der Waals surface area contributed by atoms with E-state index in [1.807, 2.05) is 5.32 Å². The number of fused-ring (bicyclic) bond motifs is 1. The molecule has 0 fully saturated rings. The number of hydrogen-bond acceptors (Lipinski definition) is 7. The number of anilines is 1. The summed E-state index contributed by atoms with van der Waals surface area (Å²) in [5.41, 5.74) is -1.57. The number of carbonyl (C=O) groups excluding carboxylic acids is 2. The van der Waals surface area contributed by atoms with Gasteiger partial charge in [-0.15, -0.1) is 0 Å². The number of rotatable bonds is 8. The van der Waals surface area contributed by atoms with E-state index < -0.39 is 41.4 Å². The lowest BCUT2D eigenvalue weighted by atomic mass is 10.00. The number of pyridine rings is 2. The average Bonchev–Trinajstić information content (AvgIpc) is 3.02. The molecule has 0 radical (unpaired) electrons. The van der Waals surface area contributed by atoms with E-state index in [2.05, 4.69) is 10.3 Å². The lowest BCUT2D eigenvalue weighted by Gasteiger charge is -2.16. The van der Waals surface area contributed by atoms with E-state index in [0.717, 1.165) is 29.0 Å². The first-order valence-electron chi connectivity index (χ1n) is 14.4. The number of methoxy groups -OCH3 is 2. The highest BCUT2D eigenvalue weighted by molar-refractivity contribution is 6.06. The van der Waals surface area contributed by atoms with Crippen LogP contribution in [0.3, 0.4) is 0 Å². The van der Waals surface area contributed by atoms with E-state index in [-0.39, 0.29) is 34.0 Å². The molecule has 0 saturated carbocycles. The van der Waals surface area contributed by atoms with Crippen molar-refractivity contribution in [3.05, 3.63) is 106 Å². The summed E-state index contributed by atoms with van der Waals surface area (Å²) in [5, 5.41) is 4.79. The van der Waals surface area contributed by atoms with Crippen molar-refractivity contribution in [3.8, 4) is 34.1 Å². The molecule has 224 valence electrons. The summed E-state index contributed by atoms with van der Waals surface area (Å²) in [6, 6.07) is 13.0. The third-order valence-corrected chi connectivity index (χ3v) is 6.71. The fourth-order valence-corrected chi connectivity index (χ4v) is 4.63. The lowest BCUT2D eigenvalue weighted by molar-refractivity contribution is 0.0952. The Balaban J connectivity index is 1.46. The van der Waals surface area contributed by atoms with Gasteiger partial charge in [0.15, 0.2) is 23.1 Å². The maximum absolute atomic E-state index is 15.3. The van der Waals surface area contributed by atoms with Crippen LogP contribution in [0.25, 0.3) is 22.0 Å². The smallest absolute Gasteiger partial charge is 0.268 e. The molecule has 0 saturated heterocycles. The second-order valence-electron chi connectivity index (χ2n) is 9.40. The van der Waals surface area contributed by atoms with E-state index in [9.17, 15) is 18.8 Å². The van der Waals surface area contributed by atoms with Gasteiger partial charge in [0.2, 0.25) is 5.43 Å². The topological polar surface area (TPSA) is 121 Å². The van der Waals surface area contributed by atoms with Crippen molar-refractivity contribution in [1.29, 1.82) is 0 Å². The normalized spacial score (nSPS) is 12.1. The van der Waals surface area contributed by atoms with Gasteiger partial charge in [0.05, 0.1) is 25.3 Å². The van der Waals surface area contributed by atoms with Gasteiger partial charge in [-0.25, -0.2) is 8.78 Å². The molecule has 44 heavy (non-hydrogen) atoms. The zero-order chi connectivity index (χ0) is 34.0. The molecule has 0 unspecified atom stereocenters. The fraction of sp³-hybridized carbons (Fsp3) is 0.125. The minimum atomic E-state index is -2.88. The van der Waals surface area contributed by atoms with Crippen LogP contribution in [0.5, 0.6) is 23.0 Å². The first-order chi connectivity index (χ1) is 22.3. The number of ether oxygens (including phenoxy) is 3. The number of nitrogens with zero attached hydrogens (tertiary/aromatic N) is 2. The van der Waals surface area contributed by atoms with Crippen molar-refractivity contribution in [2.75, 3.05) is 26.5 Å². The van der Waals surface area contributed by atoms with Crippen LogP contribution < -0.4 is 30.3 Å². The highest BCUT2D eigenvalue weighted by atomic mass is 19.1. The second-order valence-corrected chi connectivity index (χ2v) is 9.40. The summed E-state index contributed by atoms with van der Waals surface area (Å²) < 4.78 is 68.7. The number of amides is 2. The van der Waals surface area contributed by atoms with Crippen molar-refractivity contribution in [1.82, 2.24) is 14.9 Å². The predicted octanol–water partition coefficient (Wildman–Crippen LogP) is 5.30. The van der Waals surface area contributed by atoms with Gasteiger partial charge in [0.1, 0.15) is 22.8 Å². The van der Waals surface area contributed by atoms with Gasteiger partial charge in [0.25, 0.3) is 11.8 Å². The molecule has 12 heteroatoms. The molecular formula is C32H26F2N4O6. The molecule has 0 bridgehead atoms. The molecule has 0 atom stereocenters. The predicted molar refractivity (Wildman–Crippen MR) is 160 cm³/mol. The van der Waals surface area contributed by atoms with Gasteiger partial charge in [0, 0.05) is 53.7 Å². The van der Waals surface area contributed by atoms with Crippen LogP contribution in [-0.4, -0.2) is 42.6 Å². The average molecular weight is 604 g/mol. The van der Waals surface area contributed by atoms with Crippen LogP contribution in [0.1, 0.15) is 25.0 Å². The Morgan fingerprint density at radius 2 is 1.64 bits per heavy atom. The third kappa shape index (κ3) is 5.64. The number of aromatic nitrogens is 2. The Morgan fingerprint density at radius 1 is 0.909 bits per heavy atom. The standard InChI is InChI=1S/C32H26F2N4O6/c1-35-32(41)29-28(17-5-7-18(33)8-6-17)30(39)21(16-38(29)2)31(40)37-19-9-10-25(22(34)13-19)44-24-11-12-36-23-15-27(43-4)26(42-3)14-20(23)24/h5-16H,1-4H3,(H,35,41)(H,37,40)/i1D3. The molecule has 2 aromatic heterocycles. The van der Waals surface area contributed by atoms with E-state index in [1.165, 1.54) is 51.7 Å². The van der Waals surface area contributed by atoms with Gasteiger partial charge >= 0.3 is 0 Å². The molecule has 2 amide bonds. The second kappa shape index (κ2) is 12.2. The van der Waals surface area contributed by atoms with Gasteiger partial charge in [-0.3, -0.25) is 19.4 Å². The van der Waals surface area contributed by atoms with Crippen molar-refractivity contribution in [2.24, 2.45) is 7.05 Å². The molecule has 3 aromatic carbocycles. The summed E-state index contributed by atoms with van der Waals surface area (Å²) in [6.45, 7) is -2.88. The van der Waals surface area contributed by atoms with Crippen LogP contribution in [-0.2, 0) is 7.05 Å². The Morgan fingerprint density at radius 3 is 2.32 bits per heavy atom. The quantitative estimate of drug-likeness (QED) is 0.247. The maximum atomic E-state index is 15.3. The lowest BCUT2D eigenvalue weighted by Crippen LogP contribution is -2.31. The maximum Gasteiger partial charge on any atom is 0.268 e. The van der Waals surface area contributed by atoms with Crippen LogP contribution in [0.4, 0.5) is 14.5 Å². The Kier molecular flexibility index (Phi) is 7.19. The zero-order valence-corrected chi connectivity index (χ0v) is 23.5. The molecule has 0 aliphatic rings. The molecule has 5 aromatic rings.